The summed E-state index contributed by atoms with van der Waals surface area (Å²) in [6, 6.07) is 5.18. The summed E-state index contributed by atoms with van der Waals surface area (Å²) >= 11 is 11.9. The number of nitrogens with one attached hydrogen (secondary N) is 2. The molecule has 0 aliphatic carbocycles. The van der Waals surface area contributed by atoms with Gasteiger partial charge in [0, 0.05) is 25.7 Å². The number of hydrogen-bond acceptors (Lipinski definition) is 4. The van der Waals surface area contributed by atoms with Crippen molar-refractivity contribution in [1.29, 1.82) is 0 Å². The number of aromatic amines is 1. The highest BCUT2D eigenvalue weighted by Gasteiger charge is 2.37. The van der Waals surface area contributed by atoms with Crippen LogP contribution in [-0.4, -0.2) is 53.3 Å². The molecule has 1 saturated heterocycles. The molecule has 30 heavy (non-hydrogen) atoms. The lowest BCUT2D eigenvalue weighted by Gasteiger charge is -2.32. The van der Waals surface area contributed by atoms with Crippen molar-refractivity contribution in [1.82, 2.24) is 20.4 Å². The fourth-order valence-electron chi connectivity index (χ4n) is 3.27. The van der Waals surface area contributed by atoms with Crippen LogP contribution in [0.1, 0.15) is 35.3 Å². The molecular weight excluding hydrogens is 444 g/mol. The topological polar surface area (TPSA) is 70.2 Å². The van der Waals surface area contributed by atoms with Crippen LogP contribution in [0, 0.1) is 0 Å². The molecule has 1 aliphatic rings. The zero-order chi connectivity index (χ0) is 21.7. The second kappa shape index (κ2) is 9.89. The molecule has 2 heterocycles. The molecule has 0 spiro atoms. The third kappa shape index (κ3) is 6.02. The lowest BCUT2D eigenvalue weighted by atomic mass is 10.1. The van der Waals surface area contributed by atoms with Crippen LogP contribution in [0.15, 0.2) is 24.4 Å². The number of halogens is 5. The molecule has 1 aliphatic heterocycles. The molecule has 3 rings (SSSR count). The summed E-state index contributed by atoms with van der Waals surface area (Å²) in [6.07, 6.45) is -1.36. The molecule has 164 valence electrons. The van der Waals surface area contributed by atoms with Crippen LogP contribution in [-0.2, 0) is 6.18 Å². The Morgan fingerprint density at radius 1 is 1.27 bits per heavy atom. The number of amides is 1. The van der Waals surface area contributed by atoms with Crippen LogP contribution >= 0.6 is 23.2 Å². The third-order valence-corrected chi connectivity index (χ3v) is 5.57. The maximum Gasteiger partial charge on any atom is 0.433 e. The van der Waals surface area contributed by atoms with Gasteiger partial charge >= 0.3 is 6.18 Å². The molecule has 1 amide bonds. The van der Waals surface area contributed by atoms with Gasteiger partial charge in [-0.2, -0.15) is 18.3 Å². The fraction of sp³-hybridized carbons (Fsp3) is 0.474. The van der Waals surface area contributed by atoms with E-state index in [1.54, 1.807) is 18.2 Å². The van der Waals surface area contributed by atoms with E-state index in [0.717, 1.165) is 38.7 Å². The minimum Gasteiger partial charge on any atom is -0.490 e. The van der Waals surface area contributed by atoms with Gasteiger partial charge in [0.1, 0.15) is 11.9 Å². The van der Waals surface area contributed by atoms with Crippen molar-refractivity contribution in [2.45, 2.75) is 31.5 Å². The van der Waals surface area contributed by atoms with Crippen molar-refractivity contribution < 1.29 is 22.7 Å². The summed E-state index contributed by atoms with van der Waals surface area (Å²) < 4.78 is 44.3. The molecule has 0 bridgehead atoms. The minimum absolute atomic E-state index is 0.0834. The van der Waals surface area contributed by atoms with Gasteiger partial charge in [-0.1, -0.05) is 23.2 Å². The van der Waals surface area contributed by atoms with E-state index in [2.05, 4.69) is 15.3 Å². The molecule has 0 unspecified atom stereocenters. The Kier molecular flexibility index (Phi) is 7.49. The number of alkyl halides is 3. The van der Waals surface area contributed by atoms with Crippen LogP contribution in [0.4, 0.5) is 13.2 Å². The molecule has 0 atom stereocenters. The summed E-state index contributed by atoms with van der Waals surface area (Å²) in [5.41, 5.74) is -1.63. The van der Waals surface area contributed by atoms with E-state index in [1.807, 2.05) is 5.10 Å². The van der Waals surface area contributed by atoms with Gasteiger partial charge in [0.15, 0.2) is 5.69 Å². The Bertz CT molecular complexity index is 868. The number of aromatic nitrogens is 2. The standard InChI is InChI=1S/C19H21Cl2F3N4O2/c20-15-3-2-13(10-16(15)21)30-12-4-8-28(9-5-12)7-1-6-25-18(29)14-11-26-27-17(14)19(22,23)24/h2-3,10-12H,1,4-9H2,(H,25,29)(H,26,27). The van der Waals surface area contributed by atoms with Crippen LogP contribution in [0.25, 0.3) is 0 Å². The van der Waals surface area contributed by atoms with E-state index in [-0.39, 0.29) is 12.6 Å². The second-order valence-electron chi connectivity index (χ2n) is 7.00. The van der Waals surface area contributed by atoms with E-state index < -0.39 is 23.3 Å². The van der Waals surface area contributed by atoms with Crippen molar-refractivity contribution in [3.8, 4) is 5.75 Å². The Labute approximate surface area is 181 Å². The van der Waals surface area contributed by atoms with Crippen LogP contribution < -0.4 is 10.1 Å². The van der Waals surface area contributed by atoms with Gasteiger partial charge in [-0.3, -0.25) is 9.89 Å². The zero-order valence-electron chi connectivity index (χ0n) is 15.9. The maximum atomic E-state index is 12.8. The van der Waals surface area contributed by atoms with E-state index in [0.29, 0.717) is 22.2 Å². The SMILES string of the molecule is O=C(NCCCN1CCC(Oc2ccc(Cl)c(Cl)c2)CC1)c1cn[nH]c1C(F)(F)F. The van der Waals surface area contributed by atoms with E-state index >= 15 is 0 Å². The highest BCUT2D eigenvalue weighted by atomic mass is 35.5. The van der Waals surface area contributed by atoms with Crippen molar-refractivity contribution in [3.05, 3.63) is 45.7 Å². The predicted molar refractivity (Wildman–Crippen MR) is 107 cm³/mol. The highest BCUT2D eigenvalue weighted by molar-refractivity contribution is 6.42. The molecule has 0 radical (unpaired) electrons. The Morgan fingerprint density at radius 3 is 2.67 bits per heavy atom. The first-order chi connectivity index (χ1) is 14.2. The minimum atomic E-state index is -4.65. The first kappa shape index (κ1) is 22.7. The number of carbonyl (C=O) groups is 1. The van der Waals surface area contributed by atoms with Crippen molar-refractivity contribution in [2.24, 2.45) is 0 Å². The molecule has 2 aromatic rings. The van der Waals surface area contributed by atoms with E-state index in [4.69, 9.17) is 27.9 Å². The molecule has 1 aromatic carbocycles. The lowest BCUT2D eigenvalue weighted by molar-refractivity contribution is -0.141. The number of likely N-dealkylation sites (tertiary alicyclic amines) is 1. The van der Waals surface area contributed by atoms with E-state index in [1.165, 1.54) is 0 Å². The van der Waals surface area contributed by atoms with Gasteiger partial charge in [-0.05, 0) is 37.9 Å². The summed E-state index contributed by atoms with van der Waals surface area (Å²) in [5.74, 6) is -0.104. The Morgan fingerprint density at radius 2 is 2.00 bits per heavy atom. The van der Waals surface area contributed by atoms with Gasteiger partial charge in [-0.25, -0.2) is 0 Å². The largest absolute Gasteiger partial charge is 0.490 e. The van der Waals surface area contributed by atoms with Crippen LogP contribution in [0.3, 0.4) is 0 Å². The highest BCUT2D eigenvalue weighted by Crippen LogP contribution is 2.30. The average molecular weight is 465 g/mol. The number of benzene rings is 1. The van der Waals surface area contributed by atoms with Gasteiger partial charge in [0.2, 0.25) is 0 Å². The van der Waals surface area contributed by atoms with Crippen LogP contribution in [0.2, 0.25) is 10.0 Å². The summed E-state index contributed by atoms with van der Waals surface area (Å²) in [5, 5.41) is 8.59. The Balaban J connectivity index is 1.36. The molecular formula is C19H21Cl2F3N4O2. The van der Waals surface area contributed by atoms with Crippen molar-refractivity contribution in [2.75, 3.05) is 26.2 Å². The summed E-state index contributed by atoms with van der Waals surface area (Å²) in [4.78, 5) is 14.2. The number of carbonyl (C=O) groups excluding carboxylic acids is 1. The monoisotopic (exact) mass is 464 g/mol. The molecule has 6 nitrogen and oxygen atoms in total. The smallest absolute Gasteiger partial charge is 0.433 e. The summed E-state index contributed by atoms with van der Waals surface area (Å²) in [6.45, 7) is 2.68. The van der Waals surface area contributed by atoms with Crippen LogP contribution in [0.5, 0.6) is 5.75 Å². The van der Waals surface area contributed by atoms with Crippen molar-refractivity contribution in [3.63, 3.8) is 0 Å². The average Bonchev–Trinajstić information content (AvgIpc) is 3.20. The van der Waals surface area contributed by atoms with Gasteiger partial charge in [0.25, 0.3) is 5.91 Å². The van der Waals surface area contributed by atoms with Crippen molar-refractivity contribution >= 4 is 29.1 Å². The molecule has 1 fully saturated rings. The van der Waals surface area contributed by atoms with Gasteiger partial charge in [-0.15, -0.1) is 0 Å². The lowest BCUT2D eigenvalue weighted by Crippen LogP contribution is -2.39. The number of hydrogen-bond donors (Lipinski definition) is 2. The van der Waals surface area contributed by atoms with E-state index in [9.17, 15) is 18.0 Å². The predicted octanol–water partition coefficient (Wildman–Crippen LogP) is 4.40. The zero-order valence-corrected chi connectivity index (χ0v) is 17.4. The molecule has 11 heteroatoms. The molecule has 0 saturated carbocycles. The number of rotatable bonds is 7. The Hall–Kier alpha value is -1.97. The maximum absolute atomic E-state index is 12.8. The normalized spacial score (nSPS) is 15.9. The first-order valence-corrected chi connectivity index (χ1v) is 10.2. The summed E-state index contributed by atoms with van der Waals surface area (Å²) in [7, 11) is 0. The number of H-pyrrole nitrogens is 1. The molecule has 2 N–H and O–H groups in total. The number of piperidine rings is 1. The molecule has 1 aromatic heterocycles. The number of nitrogens with zero attached hydrogens (tertiary/aromatic N) is 2. The number of ether oxygens (including phenoxy) is 1. The second-order valence-corrected chi connectivity index (χ2v) is 7.82. The third-order valence-electron chi connectivity index (χ3n) is 4.83. The van der Waals surface area contributed by atoms with Gasteiger partial charge < -0.3 is 15.0 Å². The quantitative estimate of drug-likeness (QED) is 0.595. The van der Waals surface area contributed by atoms with Gasteiger partial charge in [0.05, 0.1) is 21.8 Å². The fourth-order valence-corrected chi connectivity index (χ4v) is 3.56. The first-order valence-electron chi connectivity index (χ1n) is 9.47.